The molecule has 0 spiro atoms. The van der Waals surface area contributed by atoms with Gasteiger partial charge in [-0.15, -0.1) is 0 Å². The molecule has 17 heavy (non-hydrogen) atoms. The third-order valence-electron chi connectivity index (χ3n) is 2.90. The molecule has 0 aliphatic carbocycles. The van der Waals surface area contributed by atoms with Crippen molar-refractivity contribution in [2.75, 3.05) is 11.4 Å². The molecule has 0 aliphatic heterocycles. The van der Waals surface area contributed by atoms with E-state index < -0.39 is 0 Å². The average Bonchev–Trinajstić information content (AvgIpc) is 2.30. The predicted molar refractivity (Wildman–Crippen MR) is 70.6 cm³/mol. The molecule has 90 valence electrons. The molecule has 3 nitrogen and oxygen atoms in total. The normalized spacial score (nSPS) is 11.1. The average molecular weight is 231 g/mol. The summed E-state index contributed by atoms with van der Waals surface area (Å²) < 4.78 is 5.33. The monoisotopic (exact) mass is 231 g/mol. The standard InChI is InChI=1S/C14H17NO2/c1-4-15(10(2)3)12-9-11-7-5-6-8-13(11)17-14(12)16/h5-10H,4H2,1-3H3. The van der Waals surface area contributed by atoms with Crippen LogP contribution in [0, 0.1) is 0 Å². The van der Waals surface area contributed by atoms with Crippen molar-refractivity contribution in [1.29, 1.82) is 0 Å². The third kappa shape index (κ3) is 2.18. The SMILES string of the molecule is CCN(c1cc2ccccc2oc1=O)C(C)C. The summed E-state index contributed by atoms with van der Waals surface area (Å²) in [6.07, 6.45) is 0. The van der Waals surface area contributed by atoms with Gasteiger partial charge in [0.2, 0.25) is 0 Å². The molecule has 0 atom stereocenters. The summed E-state index contributed by atoms with van der Waals surface area (Å²) in [5, 5.41) is 0.959. The van der Waals surface area contributed by atoms with E-state index in [4.69, 9.17) is 4.42 Å². The summed E-state index contributed by atoms with van der Waals surface area (Å²) in [5.41, 5.74) is 1.02. The van der Waals surface area contributed by atoms with Crippen LogP contribution in [0.2, 0.25) is 0 Å². The Morgan fingerprint density at radius 1 is 1.29 bits per heavy atom. The summed E-state index contributed by atoms with van der Waals surface area (Å²) in [6, 6.07) is 9.76. The van der Waals surface area contributed by atoms with Gasteiger partial charge in [0.1, 0.15) is 11.3 Å². The van der Waals surface area contributed by atoms with E-state index in [1.165, 1.54) is 0 Å². The molecule has 0 unspecified atom stereocenters. The van der Waals surface area contributed by atoms with Crippen molar-refractivity contribution in [2.24, 2.45) is 0 Å². The molecule has 0 saturated heterocycles. The van der Waals surface area contributed by atoms with E-state index in [-0.39, 0.29) is 11.7 Å². The van der Waals surface area contributed by atoms with Crippen molar-refractivity contribution in [3.8, 4) is 0 Å². The van der Waals surface area contributed by atoms with E-state index in [2.05, 4.69) is 13.8 Å². The van der Waals surface area contributed by atoms with Crippen LogP contribution >= 0.6 is 0 Å². The molecule has 1 aromatic carbocycles. The number of para-hydroxylation sites is 1. The second-order valence-corrected chi connectivity index (χ2v) is 4.34. The molecule has 3 heteroatoms. The molecule has 0 saturated carbocycles. The number of rotatable bonds is 3. The first-order valence-corrected chi connectivity index (χ1v) is 5.93. The van der Waals surface area contributed by atoms with E-state index in [9.17, 15) is 4.79 Å². The zero-order chi connectivity index (χ0) is 12.4. The highest BCUT2D eigenvalue weighted by molar-refractivity contribution is 5.79. The lowest BCUT2D eigenvalue weighted by atomic mass is 10.2. The lowest BCUT2D eigenvalue weighted by molar-refractivity contribution is 0.552. The van der Waals surface area contributed by atoms with Gasteiger partial charge in [-0.3, -0.25) is 0 Å². The zero-order valence-electron chi connectivity index (χ0n) is 10.4. The Labute approximate surface area is 101 Å². The van der Waals surface area contributed by atoms with Gasteiger partial charge >= 0.3 is 5.63 Å². The molecule has 0 radical (unpaired) electrons. The second kappa shape index (κ2) is 4.62. The predicted octanol–water partition coefficient (Wildman–Crippen LogP) is 3.03. The minimum Gasteiger partial charge on any atom is -0.421 e. The maximum Gasteiger partial charge on any atom is 0.360 e. The smallest absolute Gasteiger partial charge is 0.360 e. The molecular weight excluding hydrogens is 214 g/mol. The molecule has 0 N–H and O–H groups in total. The van der Waals surface area contributed by atoms with Crippen molar-refractivity contribution >= 4 is 16.7 Å². The molecule has 0 fully saturated rings. The quantitative estimate of drug-likeness (QED) is 0.761. The minimum absolute atomic E-state index is 0.265. The number of nitrogens with zero attached hydrogens (tertiary/aromatic N) is 1. The highest BCUT2D eigenvalue weighted by atomic mass is 16.4. The minimum atomic E-state index is -0.265. The number of anilines is 1. The lowest BCUT2D eigenvalue weighted by Gasteiger charge is -2.26. The highest BCUT2D eigenvalue weighted by Crippen LogP contribution is 2.19. The molecule has 1 aromatic heterocycles. The van der Waals surface area contributed by atoms with Gasteiger partial charge < -0.3 is 9.32 Å². The number of benzene rings is 1. The fourth-order valence-corrected chi connectivity index (χ4v) is 2.06. The van der Waals surface area contributed by atoms with Crippen molar-refractivity contribution in [3.63, 3.8) is 0 Å². The van der Waals surface area contributed by atoms with Crippen LogP contribution < -0.4 is 10.5 Å². The molecule has 2 aromatic rings. The summed E-state index contributed by atoms with van der Waals surface area (Å²) >= 11 is 0. The van der Waals surface area contributed by atoms with Gasteiger partial charge in [-0.1, -0.05) is 18.2 Å². The molecule has 0 aliphatic rings. The van der Waals surface area contributed by atoms with Gasteiger partial charge in [-0.25, -0.2) is 4.79 Å². The van der Waals surface area contributed by atoms with Crippen molar-refractivity contribution in [1.82, 2.24) is 0 Å². The fourth-order valence-electron chi connectivity index (χ4n) is 2.06. The van der Waals surface area contributed by atoms with E-state index in [1.807, 2.05) is 42.2 Å². The van der Waals surface area contributed by atoms with Crippen molar-refractivity contribution in [2.45, 2.75) is 26.8 Å². The third-order valence-corrected chi connectivity index (χ3v) is 2.90. The Hall–Kier alpha value is -1.77. The Balaban J connectivity index is 2.61. The molecule has 2 rings (SSSR count). The van der Waals surface area contributed by atoms with E-state index >= 15 is 0 Å². The van der Waals surface area contributed by atoms with E-state index in [0.717, 1.165) is 11.9 Å². The van der Waals surface area contributed by atoms with Gasteiger partial charge in [-0.2, -0.15) is 0 Å². The summed E-state index contributed by atoms with van der Waals surface area (Å²) in [6.45, 7) is 6.96. The Morgan fingerprint density at radius 3 is 2.65 bits per heavy atom. The summed E-state index contributed by atoms with van der Waals surface area (Å²) in [5.74, 6) is 0. The Kier molecular flexibility index (Phi) is 3.18. The largest absolute Gasteiger partial charge is 0.421 e. The number of fused-ring (bicyclic) bond motifs is 1. The maximum atomic E-state index is 11.9. The zero-order valence-corrected chi connectivity index (χ0v) is 10.4. The molecular formula is C14H17NO2. The summed E-state index contributed by atoms with van der Waals surface area (Å²) in [7, 11) is 0. The second-order valence-electron chi connectivity index (χ2n) is 4.34. The van der Waals surface area contributed by atoms with Gasteiger partial charge in [-0.05, 0) is 32.9 Å². The number of hydrogen-bond donors (Lipinski definition) is 0. The van der Waals surface area contributed by atoms with Gasteiger partial charge in [0.05, 0.1) is 0 Å². The Bertz CT molecular complexity index is 572. The van der Waals surface area contributed by atoms with Crippen LogP contribution in [0.5, 0.6) is 0 Å². The number of hydrogen-bond acceptors (Lipinski definition) is 3. The van der Waals surface area contributed by atoms with E-state index in [0.29, 0.717) is 11.3 Å². The van der Waals surface area contributed by atoms with Crippen LogP contribution in [0.3, 0.4) is 0 Å². The first-order chi connectivity index (χ1) is 8.13. The first kappa shape index (κ1) is 11.7. The summed E-state index contributed by atoms with van der Waals surface area (Å²) in [4.78, 5) is 14.0. The van der Waals surface area contributed by atoms with Crippen LogP contribution in [-0.2, 0) is 0 Å². The van der Waals surface area contributed by atoms with Crippen molar-refractivity contribution in [3.05, 3.63) is 40.8 Å². The van der Waals surface area contributed by atoms with Crippen LogP contribution in [0.25, 0.3) is 11.0 Å². The molecule has 0 bridgehead atoms. The van der Waals surface area contributed by atoms with Gasteiger partial charge in [0.25, 0.3) is 0 Å². The van der Waals surface area contributed by atoms with Crippen LogP contribution in [0.15, 0.2) is 39.5 Å². The van der Waals surface area contributed by atoms with Gasteiger partial charge in [0, 0.05) is 18.0 Å². The topological polar surface area (TPSA) is 33.5 Å². The lowest BCUT2D eigenvalue weighted by Crippen LogP contribution is -2.33. The first-order valence-electron chi connectivity index (χ1n) is 5.93. The highest BCUT2D eigenvalue weighted by Gasteiger charge is 2.14. The maximum absolute atomic E-state index is 11.9. The molecule has 1 heterocycles. The fraction of sp³-hybridized carbons (Fsp3) is 0.357. The van der Waals surface area contributed by atoms with Crippen LogP contribution in [-0.4, -0.2) is 12.6 Å². The van der Waals surface area contributed by atoms with Crippen LogP contribution in [0.1, 0.15) is 20.8 Å². The Morgan fingerprint density at radius 2 is 2.00 bits per heavy atom. The molecule has 0 amide bonds. The van der Waals surface area contributed by atoms with Crippen molar-refractivity contribution < 1.29 is 4.42 Å². The van der Waals surface area contributed by atoms with Crippen LogP contribution in [0.4, 0.5) is 5.69 Å². The van der Waals surface area contributed by atoms with E-state index in [1.54, 1.807) is 0 Å². The van der Waals surface area contributed by atoms with Gasteiger partial charge in [0.15, 0.2) is 0 Å².